The molecule has 1 aromatic carbocycles. The van der Waals surface area contributed by atoms with Crippen molar-refractivity contribution in [3.63, 3.8) is 0 Å². The van der Waals surface area contributed by atoms with Gasteiger partial charge in [0, 0.05) is 11.8 Å². The van der Waals surface area contributed by atoms with E-state index >= 15 is 0 Å². The largest absolute Gasteiger partial charge is 0.497 e. The molecule has 3 aliphatic rings. The molecule has 3 aliphatic carbocycles. The van der Waals surface area contributed by atoms with Crippen molar-refractivity contribution in [2.75, 3.05) is 12.9 Å². The van der Waals surface area contributed by atoms with Gasteiger partial charge in [0.15, 0.2) is 0 Å². The van der Waals surface area contributed by atoms with Crippen LogP contribution in [0, 0.1) is 17.3 Å². The highest BCUT2D eigenvalue weighted by Gasteiger charge is 2.61. The average molecular weight is 416 g/mol. The van der Waals surface area contributed by atoms with Crippen molar-refractivity contribution in [2.45, 2.75) is 50.0 Å². The van der Waals surface area contributed by atoms with E-state index in [0.717, 1.165) is 24.2 Å². The Morgan fingerprint density at radius 1 is 1.18 bits per heavy atom. The molecule has 0 aliphatic heterocycles. The van der Waals surface area contributed by atoms with Crippen LogP contribution in [0.5, 0.6) is 5.75 Å². The van der Waals surface area contributed by atoms with E-state index in [9.17, 15) is 26.4 Å². The number of alkyl halides is 3. The highest BCUT2D eigenvalue weighted by atomic mass is 32.2. The van der Waals surface area contributed by atoms with Crippen molar-refractivity contribution in [3.8, 4) is 5.75 Å². The fourth-order valence-electron chi connectivity index (χ4n) is 5.94. The summed E-state index contributed by atoms with van der Waals surface area (Å²) in [5.74, 6) is -0.810. The van der Waals surface area contributed by atoms with E-state index in [-0.39, 0.29) is 36.4 Å². The lowest BCUT2D eigenvalue weighted by Crippen LogP contribution is -2.49. The predicted molar refractivity (Wildman–Crippen MR) is 96.8 cm³/mol. The number of Topliss-reactive ketones (excluding diaryl/α,β-unsaturated/α-hetero) is 1. The molecule has 2 fully saturated rings. The number of hydrogen-bond donors (Lipinski definition) is 0. The van der Waals surface area contributed by atoms with Crippen molar-refractivity contribution < 1.29 is 31.1 Å². The Hall–Kier alpha value is -1.57. The van der Waals surface area contributed by atoms with E-state index in [1.54, 1.807) is 7.11 Å². The monoisotopic (exact) mass is 416 g/mol. The number of rotatable bonds is 3. The first-order valence-corrected chi connectivity index (χ1v) is 11.2. The maximum absolute atomic E-state index is 13.1. The third kappa shape index (κ3) is 2.86. The number of hydrogen-bond acceptors (Lipinski definition) is 4. The van der Waals surface area contributed by atoms with Crippen LogP contribution in [-0.2, 0) is 21.1 Å². The Kier molecular flexibility index (Phi) is 4.56. The second-order valence-corrected chi connectivity index (χ2v) is 10.3. The molecular formula is C20H23F3O4S. The second-order valence-electron chi connectivity index (χ2n) is 8.34. The van der Waals surface area contributed by atoms with Gasteiger partial charge < -0.3 is 4.74 Å². The zero-order chi connectivity index (χ0) is 20.3. The molecule has 0 unspecified atom stereocenters. The maximum atomic E-state index is 13.1. The molecule has 8 heteroatoms. The lowest BCUT2D eigenvalue weighted by molar-refractivity contribution is -0.129. The third-order valence-electron chi connectivity index (χ3n) is 7.18. The molecular weight excluding hydrogens is 393 g/mol. The topological polar surface area (TPSA) is 60.4 Å². The van der Waals surface area contributed by atoms with Crippen molar-refractivity contribution >= 4 is 15.6 Å². The quantitative estimate of drug-likeness (QED) is 0.746. The zero-order valence-corrected chi connectivity index (χ0v) is 16.4. The molecule has 0 amide bonds. The van der Waals surface area contributed by atoms with Gasteiger partial charge in [-0.25, -0.2) is 8.42 Å². The lowest BCUT2D eigenvalue weighted by Gasteiger charge is -2.49. The molecule has 2 saturated carbocycles. The molecule has 4 nitrogen and oxygen atoms in total. The fraction of sp³-hybridized carbons (Fsp3) is 0.650. The van der Waals surface area contributed by atoms with Crippen LogP contribution in [0.4, 0.5) is 13.2 Å². The molecule has 154 valence electrons. The van der Waals surface area contributed by atoms with E-state index in [4.69, 9.17) is 4.74 Å². The summed E-state index contributed by atoms with van der Waals surface area (Å²) in [6.07, 6.45) is 2.94. The summed E-state index contributed by atoms with van der Waals surface area (Å²) in [6, 6.07) is 5.92. The molecule has 28 heavy (non-hydrogen) atoms. The fourth-order valence-corrected chi connectivity index (χ4v) is 7.30. The molecule has 0 saturated heterocycles. The first-order chi connectivity index (χ1) is 13.1. The van der Waals surface area contributed by atoms with Gasteiger partial charge in [-0.3, -0.25) is 4.79 Å². The number of benzene rings is 1. The summed E-state index contributed by atoms with van der Waals surface area (Å²) in [5.41, 5.74) is -4.35. The predicted octanol–water partition coefficient (Wildman–Crippen LogP) is 4.04. The molecule has 0 N–H and O–H groups in total. The molecule has 0 spiro atoms. The molecule has 0 bridgehead atoms. The summed E-state index contributed by atoms with van der Waals surface area (Å²) < 4.78 is 68.4. The van der Waals surface area contributed by atoms with Gasteiger partial charge >= 0.3 is 5.51 Å². The van der Waals surface area contributed by atoms with Crippen molar-refractivity contribution in [3.05, 3.63) is 29.3 Å². The van der Waals surface area contributed by atoms with Gasteiger partial charge in [0.1, 0.15) is 11.5 Å². The third-order valence-corrected chi connectivity index (χ3v) is 8.78. The Morgan fingerprint density at radius 2 is 1.93 bits per heavy atom. The van der Waals surface area contributed by atoms with Crippen LogP contribution in [0.1, 0.15) is 49.1 Å². The lowest BCUT2D eigenvalue weighted by atomic mass is 9.55. The molecule has 0 radical (unpaired) electrons. The summed E-state index contributed by atoms with van der Waals surface area (Å²) in [5, 5.41) is 0. The molecule has 0 heterocycles. The summed E-state index contributed by atoms with van der Waals surface area (Å²) >= 11 is 0. The van der Waals surface area contributed by atoms with E-state index < -0.39 is 26.5 Å². The maximum Gasteiger partial charge on any atom is 0.497 e. The standard InChI is InChI=1S/C20H23F3O4S/c1-27-13-4-2-12-3-5-15-14(16(12)10-13)8-9-19(17(15)6-7-18(19)24)11-28(25,26)20(21,22)23/h2,4,10,14-15,17H,3,5-9,11H2,1H3/t14-,15+,17-,19+/m0/s1. The van der Waals surface area contributed by atoms with Crippen LogP contribution in [0.25, 0.3) is 0 Å². The Bertz CT molecular complexity index is 909. The molecule has 4 atom stereocenters. The number of aryl methyl sites for hydroxylation is 1. The normalized spacial score (nSPS) is 32.4. The van der Waals surface area contributed by atoms with Crippen LogP contribution in [0.2, 0.25) is 0 Å². The van der Waals surface area contributed by atoms with Crippen molar-refractivity contribution in [1.29, 1.82) is 0 Å². The van der Waals surface area contributed by atoms with Gasteiger partial charge in [0.25, 0.3) is 0 Å². The van der Waals surface area contributed by atoms with Gasteiger partial charge in [-0.05, 0) is 73.1 Å². The van der Waals surface area contributed by atoms with Gasteiger partial charge in [-0.15, -0.1) is 0 Å². The van der Waals surface area contributed by atoms with E-state index in [0.29, 0.717) is 12.8 Å². The first-order valence-electron chi connectivity index (χ1n) is 9.58. The number of ketones is 1. The Balaban J connectivity index is 1.71. The SMILES string of the molecule is COc1ccc2c(c1)[C@H]1CC[C@]3(CS(=O)(=O)C(F)(F)F)C(=O)CC[C@H]3[C@@H]1CC2. The summed E-state index contributed by atoms with van der Waals surface area (Å²) in [4.78, 5) is 12.7. The van der Waals surface area contributed by atoms with Gasteiger partial charge in [-0.1, -0.05) is 6.07 Å². The Morgan fingerprint density at radius 3 is 2.61 bits per heavy atom. The average Bonchev–Trinajstić information content (AvgIpc) is 2.96. The number of methoxy groups -OCH3 is 1. The van der Waals surface area contributed by atoms with Gasteiger partial charge in [-0.2, -0.15) is 13.2 Å². The Labute approximate surface area is 162 Å². The number of carbonyl (C=O) groups excluding carboxylic acids is 1. The van der Waals surface area contributed by atoms with E-state index in [1.165, 1.54) is 5.56 Å². The number of sulfone groups is 1. The minimum absolute atomic E-state index is 0.0308. The zero-order valence-electron chi connectivity index (χ0n) is 15.6. The minimum Gasteiger partial charge on any atom is -0.497 e. The van der Waals surface area contributed by atoms with Crippen LogP contribution < -0.4 is 4.74 Å². The number of carbonyl (C=O) groups is 1. The van der Waals surface area contributed by atoms with E-state index in [1.807, 2.05) is 18.2 Å². The minimum atomic E-state index is -5.34. The van der Waals surface area contributed by atoms with Crippen LogP contribution in [0.15, 0.2) is 18.2 Å². The van der Waals surface area contributed by atoms with Crippen LogP contribution in [-0.4, -0.2) is 32.6 Å². The van der Waals surface area contributed by atoms with Crippen LogP contribution in [0.3, 0.4) is 0 Å². The number of halogens is 3. The highest BCUT2D eigenvalue weighted by molar-refractivity contribution is 7.92. The van der Waals surface area contributed by atoms with Crippen molar-refractivity contribution in [1.82, 2.24) is 0 Å². The van der Waals surface area contributed by atoms with Crippen LogP contribution >= 0.6 is 0 Å². The second kappa shape index (κ2) is 6.47. The van der Waals surface area contributed by atoms with Crippen molar-refractivity contribution in [2.24, 2.45) is 17.3 Å². The van der Waals surface area contributed by atoms with Gasteiger partial charge in [0.05, 0.1) is 12.9 Å². The number of fused-ring (bicyclic) bond motifs is 5. The molecule has 1 aromatic rings. The highest BCUT2D eigenvalue weighted by Crippen LogP contribution is 2.60. The summed E-state index contributed by atoms with van der Waals surface area (Å²) in [7, 11) is -3.75. The van der Waals surface area contributed by atoms with Gasteiger partial charge in [0.2, 0.25) is 9.84 Å². The molecule has 0 aromatic heterocycles. The smallest absolute Gasteiger partial charge is 0.497 e. The van der Waals surface area contributed by atoms with E-state index in [2.05, 4.69) is 0 Å². The molecule has 4 rings (SSSR count). The summed E-state index contributed by atoms with van der Waals surface area (Å²) in [6.45, 7) is 0. The number of ether oxygens (including phenoxy) is 1. The first kappa shape index (κ1) is 19.7.